The highest BCUT2D eigenvalue weighted by Gasteiger charge is 2.27. The van der Waals surface area contributed by atoms with Gasteiger partial charge < -0.3 is 19.8 Å². The van der Waals surface area contributed by atoms with Crippen molar-refractivity contribution in [1.29, 1.82) is 0 Å². The highest BCUT2D eigenvalue weighted by atomic mass is 31.2. The third-order valence-corrected chi connectivity index (χ3v) is 15.0. The van der Waals surface area contributed by atoms with Gasteiger partial charge in [-0.3, -0.25) is 13.8 Å². The van der Waals surface area contributed by atoms with Crippen molar-refractivity contribution in [1.82, 2.24) is 5.32 Å². The number of carbonyl (C=O) groups is 1. The van der Waals surface area contributed by atoms with Gasteiger partial charge in [0.2, 0.25) is 5.91 Å². The summed E-state index contributed by atoms with van der Waals surface area (Å²) in [5, 5.41) is 14.0. The lowest BCUT2D eigenvalue weighted by molar-refractivity contribution is -0.870. The average molecular weight is 985 g/mol. The van der Waals surface area contributed by atoms with E-state index in [-0.39, 0.29) is 19.1 Å². The number of likely N-dealkylation sites (N-methyl/N-ethyl adjacent to an activating group) is 1. The lowest BCUT2D eigenvalue weighted by Crippen LogP contribution is -2.45. The molecule has 0 aliphatic carbocycles. The van der Waals surface area contributed by atoms with Crippen LogP contribution in [-0.2, 0) is 18.4 Å². The Kier molecular flexibility index (Phi) is 50.6. The lowest BCUT2D eigenvalue weighted by atomic mass is 10.0. The van der Waals surface area contributed by atoms with Crippen LogP contribution in [0.25, 0.3) is 0 Å². The van der Waals surface area contributed by atoms with Crippen molar-refractivity contribution in [3.8, 4) is 0 Å². The van der Waals surface area contributed by atoms with Gasteiger partial charge in [0.25, 0.3) is 0 Å². The van der Waals surface area contributed by atoms with E-state index < -0.39 is 20.0 Å². The van der Waals surface area contributed by atoms with Crippen LogP contribution in [0.1, 0.15) is 309 Å². The Morgan fingerprint density at radius 3 is 1.09 bits per heavy atom. The lowest BCUT2D eigenvalue weighted by Gasteiger charge is -2.25. The van der Waals surface area contributed by atoms with Gasteiger partial charge in [-0.25, -0.2) is 4.57 Å². The highest BCUT2D eigenvalue weighted by Crippen LogP contribution is 2.43. The van der Waals surface area contributed by atoms with Gasteiger partial charge in [0.05, 0.1) is 39.9 Å². The number of aliphatic hydroxyl groups excluding tert-OH is 1. The van der Waals surface area contributed by atoms with Crippen molar-refractivity contribution in [3.05, 3.63) is 12.2 Å². The van der Waals surface area contributed by atoms with E-state index in [2.05, 4.69) is 19.2 Å². The summed E-state index contributed by atoms with van der Waals surface area (Å²) < 4.78 is 23.7. The highest BCUT2D eigenvalue weighted by molar-refractivity contribution is 7.47. The molecule has 3 atom stereocenters. The number of rotatable bonds is 56. The molecule has 8 nitrogen and oxygen atoms in total. The van der Waals surface area contributed by atoms with E-state index >= 15 is 0 Å². The first-order valence-corrected chi connectivity index (χ1v) is 31.6. The van der Waals surface area contributed by atoms with Crippen LogP contribution in [0.5, 0.6) is 0 Å². The molecule has 0 radical (unpaired) electrons. The van der Waals surface area contributed by atoms with Crippen molar-refractivity contribution in [2.24, 2.45) is 0 Å². The number of nitrogens with zero attached hydrogens (tertiary/aromatic N) is 1. The van der Waals surface area contributed by atoms with Crippen LogP contribution < -0.4 is 5.32 Å². The van der Waals surface area contributed by atoms with Gasteiger partial charge in [0.15, 0.2) is 0 Å². The number of hydrogen-bond donors (Lipinski definition) is 3. The van der Waals surface area contributed by atoms with Crippen LogP contribution in [0.3, 0.4) is 0 Å². The summed E-state index contributed by atoms with van der Waals surface area (Å²) in [5.74, 6) is -0.169. The molecular formula is C59H120N2O6P+. The Bertz CT molecular complexity index is 1120. The molecule has 1 amide bonds. The van der Waals surface area contributed by atoms with E-state index in [9.17, 15) is 19.4 Å². The van der Waals surface area contributed by atoms with Crippen LogP contribution in [0.4, 0.5) is 0 Å². The second kappa shape index (κ2) is 51.2. The molecule has 0 aliphatic rings. The zero-order valence-electron chi connectivity index (χ0n) is 46.4. The standard InChI is InChI=1S/C59H119N2O6P/c1-6-8-10-12-14-16-18-20-22-24-26-28-29-30-31-33-34-36-38-40-42-44-46-48-50-52-58(62)57(56-67-68(64,65)66-55-54-61(3,4)5)60-59(63)53-51-49-47-45-43-41-39-37-35-32-27-25-23-21-19-17-15-13-11-9-7-2/h50,52,57-58,62H,6-49,51,53-56H2,1-5H3,(H-,60,63,64,65)/p+1/b52-50+. The van der Waals surface area contributed by atoms with Crippen LogP contribution >= 0.6 is 7.82 Å². The molecule has 0 aromatic heterocycles. The fraction of sp³-hybridized carbons (Fsp3) is 0.949. The largest absolute Gasteiger partial charge is 0.472 e. The van der Waals surface area contributed by atoms with Crippen LogP contribution in [0, 0.1) is 0 Å². The molecule has 0 heterocycles. The van der Waals surface area contributed by atoms with E-state index in [1.165, 1.54) is 257 Å². The fourth-order valence-electron chi connectivity index (χ4n) is 9.28. The average Bonchev–Trinajstić information content (AvgIpc) is 3.30. The van der Waals surface area contributed by atoms with Crippen molar-refractivity contribution in [2.45, 2.75) is 321 Å². The van der Waals surface area contributed by atoms with Gasteiger partial charge in [-0.2, -0.15) is 0 Å². The zero-order chi connectivity index (χ0) is 49.9. The van der Waals surface area contributed by atoms with E-state index in [0.29, 0.717) is 17.4 Å². The van der Waals surface area contributed by atoms with E-state index in [0.717, 1.165) is 32.1 Å². The molecule has 0 rings (SSSR count). The third kappa shape index (κ3) is 53.0. The fourth-order valence-corrected chi connectivity index (χ4v) is 10.0. The van der Waals surface area contributed by atoms with E-state index in [1.54, 1.807) is 6.08 Å². The molecule has 0 spiro atoms. The summed E-state index contributed by atoms with van der Waals surface area (Å²) in [5.41, 5.74) is 0. The molecule has 0 saturated heterocycles. The second-order valence-electron chi connectivity index (χ2n) is 22.1. The summed E-state index contributed by atoms with van der Waals surface area (Å²) in [4.78, 5) is 23.3. The predicted octanol–water partition coefficient (Wildman–Crippen LogP) is 18.2. The molecule has 0 aliphatic heterocycles. The molecule has 3 unspecified atom stereocenters. The topological polar surface area (TPSA) is 105 Å². The van der Waals surface area contributed by atoms with Gasteiger partial charge in [-0.1, -0.05) is 296 Å². The molecule has 0 aromatic carbocycles. The molecule has 0 aromatic rings. The number of unbranched alkanes of at least 4 members (excludes halogenated alkanes) is 43. The van der Waals surface area contributed by atoms with Crippen molar-refractivity contribution in [2.75, 3.05) is 40.9 Å². The number of hydrogen-bond acceptors (Lipinski definition) is 5. The smallest absolute Gasteiger partial charge is 0.387 e. The van der Waals surface area contributed by atoms with Crippen LogP contribution in [-0.4, -0.2) is 73.4 Å². The summed E-state index contributed by atoms with van der Waals surface area (Å²) >= 11 is 0. The predicted molar refractivity (Wildman–Crippen MR) is 295 cm³/mol. The molecule has 3 N–H and O–H groups in total. The van der Waals surface area contributed by atoms with Crippen LogP contribution in [0.2, 0.25) is 0 Å². The molecule has 0 fully saturated rings. The van der Waals surface area contributed by atoms with Crippen LogP contribution in [0.15, 0.2) is 12.2 Å². The number of carbonyl (C=O) groups excluding carboxylic acids is 1. The van der Waals surface area contributed by atoms with Gasteiger partial charge in [0, 0.05) is 6.42 Å². The van der Waals surface area contributed by atoms with Crippen molar-refractivity contribution < 1.29 is 32.9 Å². The molecule has 0 bridgehead atoms. The number of quaternary nitrogens is 1. The summed E-state index contributed by atoms with van der Waals surface area (Å²) in [6.45, 7) is 4.87. The maximum atomic E-state index is 13.0. The maximum Gasteiger partial charge on any atom is 0.472 e. The Morgan fingerprint density at radius 1 is 0.485 bits per heavy atom. The summed E-state index contributed by atoms with van der Waals surface area (Å²) in [6, 6.07) is -0.842. The summed E-state index contributed by atoms with van der Waals surface area (Å²) in [6.07, 6.45) is 63.2. The van der Waals surface area contributed by atoms with Crippen molar-refractivity contribution >= 4 is 13.7 Å². The first-order valence-electron chi connectivity index (χ1n) is 30.1. The Morgan fingerprint density at radius 2 is 0.779 bits per heavy atom. The first kappa shape index (κ1) is 67.2. The minimum Gasteiger partial charge on any atom is -0.387 e. The minimum absolute atomic E-state index is 0.0653. The van der Waals surface area contributed by atoms with E-state index in [1.807, 2.05) is 27.2 Å². The molecule has 68 heavy (non-hydrogen) atoms. The Labute approximate surface area is 424 Å². The SMILES string of the molecule is CCCCCCCCCCCCCCCCCCCCCCCCC/C=C/C(O)C(COP(=O)(O)OCC[N+](C)(C)C)NC(=O)CCCCCCCCCCCCCCCCCCCCCCC. The third-order valence-electron chi connectivity index (χ3n) is 14.0. The molecule has 9 heteroatoms. The first-order chi connectivity index (χ1) is 33.0. The number of nitrogens with one attached hydrogen (secondary N) is 1. The molecule has 0 saturated carbocycles. The zero-order valence-corrected chi connectivity index (χ0v) is 47.3. The monoisotopic (exact) mass is 984 g/mol. The van der Waals surface area contributed by atoms with Gasteiger partial charge >= 0.3 is 7.82 Å². The second-order valence-corrected chi connectivity index (χ2v) is 23.5. The molecular weight excluding hydrogens is 864 g/mol. The minimum atomic E-state index is -4.34. The number of phosphoric acid groups is 1. The number of amides is 1. The van der Waals surface area contributed by atoms with Gasteiger partial charge in [-0.05, 0) is 19.3 Å². The van der Waals surface area contributed by atoms with Gasteiger partial charge in [0.1, 0.15) is 13.2 Å². The number of phosphoric ester groups is 1. The number of aliphatic hydroxyl groups is 1. The van der Waals surface area contributed by atoms with E-state index in [4.69, 9.17) is 9.05 Å². The van der Waals surface area contributed by atoms with Crippen molar-refractivity contribution in [3.63, 3.8) is 0 Å². The van der Waals surface area contributed by atoms with Gasteiger partial charge in [-0.15, -0.1) is 0 Å². The summed E-state index contributed by atoms with van der Waals surface area (Å²) in [7, 11) is 1.59. The Balaban J connectivity index is 4.15. The molecule has 406 valence electrons. The number of allylic oxidation sites excluding steroid dienone is 1. The normalized spacial score (nSPS) is 13.9. The Hall–Kier alpha value is -0.760. The quantitative estimate of drug-likeness (QED) is 0.0243. The maximum absolute atomic E-state index is 13.0.